The van der Waals surface area contributed by atoms with Gasteiger partial charge in [-0.1, -0.05) is 29.8 Å². The fraction of sp³-hybridized carbons (Fsp3) is 0.367. The molecule has 0 radical (unpaired) electrons. The van der Waals surface area contributed by atoms with E-state index in [-0.39, 0.29) is 0 Å². The standard InChI is InChI=1S/C30H35ClN6O2/c1-19-7-6-8-22(27(19)31)29(33-2)26-23(32)11-9-20-18-34-30(36-28(20)26)35-24-12-10-21(17-25(24)38-3)39-16-15-37-13-4-5-14-37/h6-8,10,12,17-18,32-33H,4-5,9,11,13-16H2,1-3H3,(H,34,35,36)/b29-26+,32-23?. The number of nitrogens with one attached hydrogen (secondary N) is 3. The van der Waals surface area contributed by atoms with Gasteiger partial charge in [-0.2, -0.15) is 0 Å². The van der Waals surface area contributed by atoms with Crippen molar-refractivity contribution in [1.29, 1.82) is 5.41 Å². The number of allylic oxidation sites excluding steroid dienone is 1. The molecular formula is C30H35ClN6O2. The second kappa shape index (κ2) is 12.1. The van der Waals surface area contributed by atoms with Gasteiger partial charge in [0.2, 0.25) is 5.95 Å². The first-order valence-corrected chi connectivity index (χ1v) is 13.8. The summed E-state index contributed by atoms with van der Waals surface area (Å²) in [5.41, 5.74) is 6.33. The lowest BCUT2D eigenvalue weighted by Crippen LogP contribution is -2.25. The minimum absolute atomic E-state index is 0.424. The molecule has 0 amide bonds. The molecule has 204 valence electrons. The summed E-state index contributed by atoms with van der Waals surface area (Å²) in [5.74, 6) is 1.82. The Morgan fingerprint density at radius 2 is 1.97 bits per heavy atom. The van der Waals surface area contributed by atoms with Crippen LogP contribution >= 0.6 is 11.6 Å². The minimum atomic E-state index is 0.424. The number of nitrogens with zero attached hydrogens (tertiary/aromatic N) is 3. The van der Waals surface area contributed by atoms with Crippen LogP contribution in [0.5, 0.6) is 11.5 Å². The van der Waals surface area contributed by atoms with Crippen LogP contribution in [0.3, 0.4) is 0 Å². The highest BCUT2D eigenvalue weighted by Crippen LogP contribution is 2.37. The molecule has 3 aromatic rings. The minimum Gasteiger partial charge on any atom is -0.494 e. The fourth-order valence-corrected chi connectivity index (χ4v) is 5.40. The van der Waals surface area contributed by atoms with E-state index in [4.69, 9.17) is 31.5 Å². The molecule has 0 saturated carbocycles. The van der Waals surface area contributed by atoms with Crippen LogP contribution < -0.4 is 20.1 Å². The zero-order valence-corrected chi connectivity index (χ0v) is 23.5. The molecule has 2 aliphatic rings. The topological polar surface area (TPSA) is 95.4 Å². The number of ether oxygens (including phenoxy) is 2. The second-order valence-electron chi connectivity index (χ2n) is 9.87. The number of rotatable bonds is 9. The summed E-state index contributed by atoms with van der Waals surface area (Å²) in [4.78, 5) is 11.9. The summed E-state index contributed by atoms with van der Waals surface area (Å²) < 4.78 is 11.6. The number of hydrogen-bond donors (Lipinski definition) is 3. The fourth-order valence-electron chi connectivity index (χ4n) is 5.18. The molecule has 8 nitrogen and oxygen atoms in total. The first-order chi connectivity index (χ1) is 19.0. The average Bonchev–Trinajstić information content (AvgIpc) is 3.47. The zero-order valence-electron chi connectivity index (χ0n) is 22.7. The van der Waals surface area contributed by atoms with E-state index >= 15 is 0 Å². The monoisotopic (exact) mass is 546 g/mol. The van der Waals surface area contributed by atoms with Gasteiger partial charge in [0.15, 0.2) is 0 Å². The molecule has 1 aliphatic carbocycles. The number of hydrogen-bond acceptors (Lipinski definition) is 8. The molecule has 0 unspecified atom stereocenters. The van der Waals surface area contributed by atoms with E-state index in [0.717, 1.165) is 64.7 Å². The summed E-state index contributed by atoms with van der Waals surface area (Å²) in [5, 5.41) is 16.1. The van der Waals surface area contributed by atoms with Gasteiger partial charge in [-0.25, -0.2) is 9.97 Å². The molecular weight excluding hydrogens is 512 g/mol. The quantitative estimate of drug-likeness (QED) is 0.316. The molecule has 3 N–H and O–H groups in total. The van der Waals surface area contributed by atoms with Crippen molar-refractivity contribution < 1.29 is 9.47 Å². The highest BCUT2D eigenvalue weighted by molar-refractivity contribution is 6.35. The summed E-state index contributed by atoms with van der Waals surface area (Å²) in [6, 6.07) is 11.6. The molecule has 2 heterocycles. The predicted octanol–water partition coefficient (Wildman–Crippen LogP) is 5.72. The molecule has 2 aromatic carbocycles. The Balaban J connectivity index is 1.42. The Morgan fingerprint density at radius 1 is 1.15 bits per heavy atom. The molecule has 0 atom stereocenters. The van der Waals surface area contributed by atoms with Gasteiger partial charge in [0.05, 0.1) is 29.2 Å². The van der Waals surface area contributed by atoms with Crippen molar-refractivity contribution >= 4 is 40.2 Å². The number of anilines is 2. The maximum absolute atomic E-state index is 8.81. The Bertz CT molecular complexity index is 1400. The van der Waals surface area contributed by atoms with E-state index in [1.807, 2.05) is 56.6 Å². The van der Waals surface area contributed by atoms with E-state index < -0.39 is 0 Å². The smallest absolute Gasteiger partial charge is 0.227 e. The van der Waals surface area contributed by atoms with Gasteiger partial charge in [-0.15, -0.1) is 0 Å². The first kappa shape index (κ1) is 27.0. The maximum atomic E-state index is 8.81. The Hall–Kier alpha value is -3.62. The number of aryl methyl sites for hydroxylation is 2. The van der Waals surface area contributed by atoms with Crippen LogP contribution in [0.2, 0.25) is 5.02 Å². The summed E-state index contributed by atoms with van der Waals surface area (Å²) in [7, 11) is 3.48. The van der Waals surface area contributed by atoms with Gasteiger partial charge >= 0.3 is 0 Å². The van der Waals surface area contributed by atoms with E-state index in [0.29, 0.717) is 41.9 Å². The zero-order chi connectivity index (χ0) is 27.4. The molecule has 1 fully saturated rings. The first-order valence-electron chi connectivity index (χ1n) is 13.4. The van der Waals surface area contributed by atoms with Crippen molar-refractivity contribution in [2.45, 2.75) is 32.6 Å². The van der Waals surface area contributed by atoms with Crippen LogP contribution in [0.15, 0.2) is 42.6 Å². The Kier molecular flexibility index (Phi) is 8.33. The normalized spacial score (nSPS) is 16.6. The average molecular weight is 547 g/mol. The van der Waals surface area contributed by atoms with Crippen molar-refractivity contribution in [3.05, 3.63) is 70.0 Å². The summed E-state index contributed by atoms with van der Waals surface area (Å²) >= 11 is 6.69. The summed E-state index contributed by atoms with van der Waals surface area (Å²) in [6.45, 7) is 5.86. The van der Waals surface area contributed by atoms with Crippen LogP contribution in [0.25, 0.3) is 11.3 Å². The lowest BCUT2D eigenvalue weighted by molar-refractivity contribution is 0.237. The van der Waals surface area contributed by atoms with Gasteiger partial charge < -0.3 is 25.5 Å². The number of fused-ring (bicyclic) bond motifs is 1. The van der Waals surface area contributed by atoms with Crippen LogP contribution in [0.1, 0.15) is 41.6 Å². The third kappa shape index (κ3) is 5.87. The number of benzene rings is 2. The van der Waals surface area contributed by atoms with Gasteiger partial charge in [-0.05, 0) is 69.0 Å². The molecule has 0 spiro atoms. The van der Waals surface area contributed by atoms with E-state index in [1.165, 1.54) is 12.8 Å². The van der Waals surface area contributed by atoms with Gasteiger partial charge in [0.1, 0.15) is 18.1 Å². The number of aromatic nitrogens is 2. The van der Waals surface area contributed by atoms with Crippen molar-refractivity contribution in [3.8, 4) is 11.5 Å². The molecule has 1 aromatic heterocycles. The second-order valence-corrected chi connectivity index (χ2v) is 10.2. The number of methoxy groups -OCH3 is 1. The Labute approximate surface area is 234 Å². The van der Waals surface area contributed by atoms with Crippen LogP contribution in [-0.2, 0) is 6.42 Å². The van der Waals surface area contributed by atoms with E-state index in [9.17, 15) is 0 Å². The lowest BCUT2D eigenvalue weighted by atomic mass is 9.87. The largest absolute Gasteiger partial charge is 0.494 e. The Morgan fingerprint density at radius 3 is 2.74 bits per heavy atom. The highest BCUT2D eigenvalue weighted by Gasteiger charge is 2.26. The highest BCUT2D eigenvalue weighted by atomic mass is 35.5. The lowest BCUT2D eigenvalue weighted by Gasteiger charge is -2.24. The number of halogens is 1. The van der Waals surface area contributed by atoms with Crippen molar-refractivity contribution in [1.82, 2.24) is 20.2 Å². The van der Waals surface area contributed by atoms with Gasteiger partial charge in [0.25, 0.3) is 0 Å². The van der Waals surface area contributed by atoms with E-state index in [1.54, 1.807) is 7.11 Å². The van der Waals surface area contributed by atoms with Gasteiger partial charge in [-0.3, -0.25) is 4.90 Å². The SMILES string of the molecule is CN/C(=C1\C(=N)CCc2cnc(Nc3ccc(OCCN4CCCC4)cc3OC)nc21)c1cccc(C)c1Cl. The summed E-state index contributed by atoms with van der Waals surface area (Å²) in [6.07, 6.45) is 5.70. The van der Waals surface area contributed by atoms with Gasteiger partial charge in [0, 0.05) is 42.7 Å². The molecule has 39 heavy (non-hydrogen) atoms. The number of likely N-dealkylation sites (tertiary alicyclic amines) is 1. The maximum Gasteiger partial charge on any atom is 0.227 e. The van der Waals surface area contributed by atoms with Crippen LogP contribution in [0, 0.1) is 12.3 Å². The molecule has 5 rings (SSSR count). The van der Waals surface area contributed by atoms with Crippen LogP contribution in [-0.4, -0.2) is 61.0 Å². The molecule has 1 saturated heterocycles. The molecule has 1 aliphatic heterocycles. The third-order valence-electron chi connectivity index (χ3n) is 7.30. The molecule has 9 heteroatoms. The van der Waals surface area contributed by atoms with E-state index in [2.05, 4.69) is 20.5 Å². The van der Waals surface area contributed by atoms with Crippen molar-refractivity contribution in [2.75, 3.05) is 45.7 Å². The predicted molar refractivity (Wildman–Crippen MR) is 158 cm³/mol. The van der Waals surface area contributed by atoms with Crippen molar-refractivity contribution in [2.24, 2.45) is 0 Å². The van der Waals surface area contributed by atoms with Crippen LogP contribution in [0.4, 0.5) is 11.6 Å². The van der Waals surface area contributed by atoms with Crippen molar-refractivity contribution in [3.63, 3.8) is 0 Å². The molecule has 0 bridgehead atoms. The third-order valence-corrected chi connectivity index (χ3v) is 7.80.